The number of likely N-dealkylation sites (tertiary alicyclic amines) is 1. The number of ether oxygens (including phenoxy) is 2. The van der Waals surface area contributed by atoms with Gasteiger partial charge in [0.2, 0.25) is 0 Å². The van der Waals surface area contributed by atoms with Crippen LogP contribution in [0.5, 0.6) is 5.75 Å². The molecule has 4 rings (SSSR count). The summed E-state index contributed by atoms with van der Waals surface area (Å²) in [6.07, 6.45) is 7.57. The van der Waals surface area contributed by atoms with Gasteiger partial charge in [0.05, 0.1) is 13.7 Å². The van der Waals surface area contributed by atoms with Crippen LogP contribution in [-0.4, -0.2) is 57.4 Å². The van der Waals surface area contributed by atoms with Crippen LogP contribution in [0.1, 0.15) is 51.0 Å². The van der Waals surface area contributed by atoms with E-state index < -0.39 is 0 Å². The van der Waals surface area contributed by atoms with E-state index in [9.17, 15) is 0 Å². The average molecular weight is 386 g/mol. The number of nitrogens with one attached hydrogen (secondary N) is 1. The first kappa shape index (κ1) is 19.6. The normalized spacial score (nSPS) is 23.5. The Morgan fingerprint density at radius 2 is 1.89 bits per heavy atom. The standard InChI is InChI=1S/C23H35N3O2/c1-3-24-21(26-14-11-22(18-26)9-4-10-22)25-17-23(12-15-28-16-13-23)19-5-7-20(27-2)8-6-19/h5-8H,3-4,9-18H2,1-2H3,(H,24,25). The second-order valence-electron chi connectivity index (χ2n) is 8.82. The molecule has 3 aliphatic rings. The maximum atomic E-state index is 5.70. The molecule has 5 nitrogen and oxygen atoms in total. The van der Waals surface area contributed by atoms with E-state index >= 15 is 0 Å². The first-order chi connectivity index (χ1) is 13.7. The van der Waals surface area contributed by atoms with Gasteiger partial charge in [0.15, 0.2) is 5.96 Å². The molecular weight excluding hydrogens is 350 g/mol. The van der Waals surface area contributed by atoms with Gasteiger partial charge in [-0.2, -0.15) is 0 Å². The van der Waals surface area contributed by atoms with Crippen LogP contribution in [0, 0.1) is 5.41 Å². The van der Waals surface area contributed by atoms with Crippen LogP contribution in [0.15, 0.2) is 29.3 Å². The van der Waals surface area contributed by atoms with Gasteiger partial charge in [-0.1, -0.05) is 18.6 Å². The number of methoxy groups -OCH3 is 1. The summed E-state index contributed by atoms with van der Waals surface area (Å²) in [5.41, 5.74) is 2.00. The molecule has 5 heteroatoms. The topological polar surface area (TPSA) is 46.1 Å². The Labute approximate surface area is 169 Å². The number of hydrogen-bond donors (Lipinski definition) is 1. The van der Waals surface area contributed by atoms with E-state index in [0.29, 0.717) is 5.41 Å². The van der Waals surface area contributed by atoms with Crippen molar-refractivity contribution in [2.24, 2.45) is 10.4 Å². The largest absolute Gasteiger partial charge is 0.497 e. The summed E-state index contributed by atoms with van der Waals surface area (Å²) in [4.78, 5) is 7.68. The molecule has 2 heterocycles. The van der Waals surface area contributed by atoms with Gasteiger partial charge in [0, 0.05) is 38.3 Å². The van der Waals surface area contributed by atoms with E-state index in [4.69, 9.17) is 14.5 Å². The number of benzene rings is 1. The Morgan fingerprint density at radius 3 is 2.46 bits per heavy atom. The molecular formula is C23H35N3O2. The van der Waals surface area contributed by atoms with Crippen molar-refractivity contribution in [3.63, 3.8) is 0 Å². The molecule has 2 saturated heterocycles. The fraction of sp³-hybridized carbons (Fsp3) is 0.696. The lowest BCUT2D eigenvalue weighted by molar-refractivity contribution is 0.0530. The molecule has 3 fully saturated rings. The third kappa shape index (κ3) is 3.86. The Balaban J connectivity index is 1.54. The molecule has 0 unspecified atom stereocenters. The first-order valence-corrected chi connectivity index (χ1v) is 10.9. The molecule has 0 atom stereocenters. The van der Waals surface area contributed by atoms with E-state index in [0.717, 1.165) is 57.4 Å². The van der Waals surface area contributed by atoms with Gasteiger partial charge in [-0.25, -0.2) is 0 Å². The Bertz CT molecular complexity index is 676. The van der Waals surface area contributed by atoms with Crippen molar-refractivity contribution < 1.29 is 9.47 Å². The van der Waals surface area contributed by atoms with Crippen LogP contribution in [0.2, 0.25) is 0 Å². The Morgan fingerprint density at radius 1 is 1.14 bits per heavy atom. The van der Waals surface area contributed by atoms with Gasteiger partial charge in [-0.3, -0.25) is 4.99 Å². The lowest BCUT2D eigenvalue weighted by Gasteiger charge is -2.39. The van der Waals surface area contributed by atoms with E-state index in [1.165, 1.54) is 37.8 Å². The van der Waals surface area contributed by atoms with Gasteiger partial charge >= 0.3 is 0 Å². The fourth-order valence-electron chi connectivity index (χ4n) is 5.10. The Kier molecular flexibility index (Phi) is 5.81. The van der Waals surface area contributed by atoms with Gasteiger partial charge in [-0.15, -0.1) is 0 Å². The third-order valence-electron chi connectivity index (χ3n) is 7.17. The van der Waals surface area contributed by atoms with Crippen molar-refractivity contribution in [1.82, 2.24) is 10.2 Å². The predicted molar refractivity (Wildman–Crippen MR) is 113 cm³/mol. The third-order valence-corrected chi connectivity index (χ3v) is 7.17. The molecule has 1 spiro atoms. The zero-order chi connectivity index (χ0) is 19.5. The molecule has 28 heavy (non-hydrogen) atoms. The predicted octanol–water partition coefficient (Wildman–Crippen LogP) is 3.58. The number of hydrogen-bond acceptors (Lipinski definition) is 3. The SMILES string of the molecule is CCNC(=NCC1(c2ccc(OC)cc2)CCOCC1)N1CCC2(CCC2)C1. The van der Waals surface area contributed by atoms with Crippen LogP contribution in [0.25, 0.3) is 0 Å². The van der Waals surface area contributed by atoms with Gasteiger partial charge < -0.3 is 19.7 Å². The molecule has 1 aromatic rings. The zero-order valence-electron chi connectivity index (χ0n) is 17.5. The average Bonchev–Trinajstić information content (AvgIpc) is 3.18. The summed E-state index contributed by atoms with van der Waals surface area (Å²) in [7, 11) is 1.72. The summed E-state index contributed by atoms with van der Waals surface area (Å²) in [5.74, 6) is 2.01. The summed E-state index contributed by atoms with van der Waals surface area (Å²) in [6.45, 7) is 7.84. The summed E-state index contributed by atoms with van der Waals surface area (Å²) >= 11 is 0. The first-order valence-electron chi connectivity index (χ1n) is 10.9. The van der Waals surface area contributed by atoms with E-state index in [-0.39, 0.29) is 5.41 Å². The fourth-order valence-corrected chi connectivity index (χ4v) is 5.10. The van der Waals surface area contributed by atoms with Crippen molar-refractivity contribution in [2.75, 3.05) is 46.5 Å². The van der Waals surface area contributed by atoms with Gasteiger partial charge in [0.1, 0.15) is 5.75 Å². The van der Waals surface area contributed by atoms with Crippen LogP contribution in [-0.2, 0) is 10.2 Å². The molecule has 0 amide bonds. The highest BCUT2D eigenvalue weighted by Crippen LogP contribution is 2.48. The van der Waals surface area contributed by atoms with Crippen molar-refractivity contribution in [1.29, 1.82) is 0 Å². The minimum atomic E-state index is 0.0546. The van der Waals surface area contributed by atoms with Crippen LogP contribution >= 0.6 is 0 Å². The van der Waals surface area contributed by atoms with Crippen molar-refractivity contribution in [3.05, 3.63) is 29.8 Å². The summed E-state index contributed by atoms with van der Waals surface area (Å²) in [5, 5.41) is 3.56. The monoisotopic (exact) mass is 385 g/mol. The molecule has 1 saturated carbocycles. The number of rotatable bonds is 5. The quantitative estimate of drug-likeness (QED) is 0.622. The molecule has 0 bridgehead atoms. The molecule has 1 aromatic carbocycles. The molecule has 2 aliphatic heterocycles. The molecule has 1 N–H and O–H groups in total. The second-order valence-corrected chi connectivity index (χ2v) is 8.82. The summed E-state index contributed by atoms with van der Waals surface area (Å²) < 4.78 is 11.0. The van der Waals surface area contributed by atoms with Crippen molar-refractivity contribution in [3.8, 4) is 5.75 Å². The van der Waals surface area contributed by atoms with Gasteiger partial charge in [-0.05, 0) is 62.1 Å². The molecule has 0 radical (unpaired) electrons. The number of aliphatic imine (C=N–C) groups is 1. The molecule has 1 aliphatic carbocycles. The van der Waals surface area contributed by atoms with Crippen molar-refractivity contribution in [2.45, 2.75) is 50.9 Å². The highest BCUT2D eigenvalue weighted by molar-refractivity contribution is 5.80. The highest BCUT2D eigenvalue weighted by atomic mass is 16.5. The van der Waals surface area contributed by atoms with E-state index in [1.54, 1.807) is 7.11 Å². The lowest BCUT2D eigenvalue weighted by Crippen LogP contribution is -2.44. The highest BCUT2D eigenvalue weighted by Gasteiger charge is 2.43. The van der Waals surface area contributed by atoms with E-state index in [2.05, 4.69) is 41.4 Å². The second kappa shape index (κ2) is 8.32. The van der Waals surface area contributed by atoms with E-state index in [1.807, 2.05) is 0 Å². The smallest absolute Gasteiger partial charge is 0.193 e. The van der Waals surface area contributed by atoms with Crippen molar-refractivity contribution >= 4 is 5.96 Å². The maximum absolute atomic E-state index is 5.70. The van der Waals surface area contributed by atoms with Crippen LogP contribution < -0.4 is 10.1 Å². The minimum Gasteiger partial charge on any atom is -0.497 e. The van der Waals surface area contributed by atoms with Crippen LogP contribution in [0.4, 0.5) is 0 Å². The zero-order valence-corrected chi connectivity index (χ0v) is 17.5. The number of guanidine groups is 1. The molecule has 154 valence electrons. The van der Waals surface area contributed by atoms with Crippen LogP contribution in [0.3, 0.4) is 0 Å². The molecule has 0 aromatic heterocycles. The Hall–Kier alpha value is -1.75. The maximum Gasteiger partial charge on any atom is 0.193 e. The number of nitrogens with zero attached hydrogens (tertiary/aromatic N) is 2. The minimum absolute atomic E-state index is 0.0546. The summed E-state index contributed by atoms with van der Waals surface area (Å²) in [6, 6.07) is 8.57. The van der Waals surface area contributed by atoms with Gasteiger partial charge in [0.25, 0.3) is 0 Å². The lowest BCUT2D eigenvalue weighted by atomic mass is 9.68.